The number of nitrogens with zero attached hydrogens (tertiary/aromatic N) is 2. The van der Waals surface area contributed by atoms with Crippen molar-refractivity contribution in [2.45, 2.75) is 13.1 Å². The number of fused-ring (bicyclic) bond motifs is 3. The van der Waals surface area contributed by atoms with Crippen molar-refractivity contribution in [1.29, 1.82) is 0 Å². The summed E-state index contributed by atoms with van der Waals surface area (Å²) in [7, 11) is 0. The molecule has 5 nitrogen and oxygen atoms in total. The van der Waals surface area contributed by atoms with Crippen molar-refractivity contribution in [2.75, 3.05) is 0 Å². The molecule has 0 aliphatic carbocycles. The summed E-state index contributed by atoms with van der Waals surface area (Å²) < 4.78 is 0. The van der Waals surface area contributed by atoms with E-state index in [1.807, 2.05) is 18.2 Å². The fraction of sp³-hybridized carbons (Fsp3) is 0.143. The lowest BCUT2D eigenvalue weighted by Crippen LogP contribution is -2.02. The third kappa shape index (κ3) is 1.52. The summed E-state index contributed by atoms with van der Waals surface area (Å²) in [6.07, 6.45) is 0. The molecular weight excluding hydrogens is 240 g/mol. The smallest absolute Gasteiger partial charge is 0.160 e. The minimum Gasteiger partial charge on any atom is -0.507 e. The molecule has 1 aliphatic heterocycles. The Morgan fingerprint density at radius 1 is 1.11 bits per heavy atom. The number of aromatic nitrogens is 3. The van der Waals surface area contributed by atoms with Crippen LogP contribution in [-0.2, 0) is 13.1 Å². The predicted octanol–water partition coefficient (Wildman–Crippen LogP) is 1.93. The highest BCUT2D eigenvalue weighted by Crippen LogP contribution is 2.31. The number of para-hydroxylation sites is 1. The van der Waals surface area contributed by atoms with Crippen LogP contribution in [0.5, 0.6) is 5.75 Å². The Balaban J connectivity index is 1.95. The van der Waals surface area contributed by atoms with E-state index in [-0.39, 0.29) is 5.75 Å². The topological polar surface area (TPSA) is 73.8 Å². The number of benzene rings is 1. The molecule has 1 aliphatic rings. The molecule has 4 rings (SSSR count). The zero-order valence-electron chi connectivity index (χ0n) is 10.1. The molecule has 0 spiro atoms. The molecule has 0 saturated heterocycles. The van der Waals surface area contributed by atoms with Crippen molar-refractivity contribution in [3.8, 4) is 17.0 Å². The fourth-order valence-electron chi connectivity index (χ4n) is 2.58. The minimum absolute atomic E-state index is 0.224. The molecular formula is C14H12N4O. The van der Waals surface area contributed by atoms with Crippen LogP contribution in [0.4, 0.5) is 0 Å². The van der Waals surface area contributed by atoms with Gasteiger partial charge in [0.15, 0.2) is 5.65 Å². The van der Waals surface area contributed by atoms with Crippen LogP contribution >= 0.6 is 0 Å². The predicted molar refractivity (Wildman–Crippen MR) is 71.5 cm³/mol. The van der Waals surface area contributed by atoms with Gasteiger partial charge in [-0.3, -0.25) is 0 Å². The summed E-state index contributed by atoms with van der Waals surface area (Å²) in [4.78, 5) is 3.27. The molecule has 0 fully saturated rings. The summed E-state index contributed by atoms with van der Waals surface area (Å²) >= 11 is 0. The molecule has 3 heterocycles. The van der Waals surface area contributed by atoms with Crippen LogP contribution in [0.15, 0.2) is 30.3 Å². The Kier molecular flexibility index (Phi) is 2.10. The van der Waals surface area contributed by atoms with Crippen LogP contribution in [0.3, 0.4) is 0 Å². The summed E-state index contributed by atoms with van der Waals surface area (Å²) in [6.45, 7) is 1.69. The van der Waals surface area contributed by atoms with E-state index in [9.17, 15) is 5.11 Å². The van der Waals surface area contributed by atoms with E-state index in [0.717, 1.165) is 24.1 Å². The first-order valence-electron chi connectivity index (χ1n) is 6.19. The second-order valence-electron chi connectivity index (χ2n) is 4.69. The number of rotatable bonds is 1. The molecule has 0 unspecified atom stereocenters. The van der Waals surface area contributed by atoms with Crippen molar-refractivity contribution in [2.24, 2.45) is 0 Å². The number of nitrogens with one attached hydrogen (secondary N) is 2. The number of hydrogen-bond acceptors (Lipinski definition) is 4. The number of aromatic amines is 1. The quantitative estimate of drug-likeness (QED) is 0.618. The van der Waals surface area contributed by atoms with E-state index < -0.39 is 0 Å². The Morgan fingerprint density at radius 3 is 2.89 bits per heavy atom. The number of phenols is 1. The van der Waals surface area contributed by atoms with Gasteiger partial charge < -0.3 is 15.4 Å². The number of hydrogen-bond donors (Lipinski definition) is 3. The van der Waals surface area contributed by atoms with Gasteiger partial charge in [-0.05, 0) is 23.8 Å². The maximum absolute atomic E-state index is 9.89. The highest BCUT2D eigenvalue weighted by atomic mass is 16.3. The van der Waals surface area contributed by atoms with Gasteiger partial charge in [0.25, 0.3) is 0 Å². The van der Waals surface area contributed by atoms with Crippen LogP contribution in [0.1, 0.15) is 11.3 Å². The van der Waals surface area contributed by atoms with Crippen LogP contribution in [0.25, 0.3) is 22.3 Å². The molecule has 1 aromatic carbocycles. The molecule has 0 radical (unpaired) electrons. The van der Waals surface area contributed by atoms with Gasteiger partial charge >= 0.3 is 0 Å². The van der Waals surface area contributed by atoms with Crippen LogP contribution < -0.4 is 5.32 Å². The second kappa shape index (κ2) is 3.80. The highest BCUT2D eigenvalue weighted by molar-refractivity contribution is 5.85. The van der Waals surface area contributed by atoms with Gasteiger partial charge in [0.05, 0.1) is 5.69 Å². The van der Waals surface area contributed by atoms with E-state index in [0.29, 0.717) is 11.3 Å². The molecule has 0 atom stereocenters. The Labute approximate surface area is 109 Å². The first-order valence-corrected chi connectivity index (χ1v) is 6.19. The normalized spacial score (nSPS) is 13.9. The SMILES string of the molecule is Oc1ccccc1-c1cc2c3c([nH]c2nn1)CNC3. The lowest BCUT2D eigenvalue weighted by molar-refractivity contribution is 0.477. The maximum Gasteiger partial charge on any atom is 0.160 e. The molecule has 0 amide bonds. The van der Waals surface area contributed by atoms with Crippen LogP contribution in [-0.4, -0.2) is 20.3 Å². The zero-order chi connectivity index (χ0) is 12.8. The summed E-state index contributed by atoms with van der Waals surface area (Å²) in [6, 6.07) is 9.16. The summed E-state index contributed by atoms with van der Waals surface area (Å²) in [5.41, 5.74) is 4.64. The molecule has 19 heavy (non-hydrogen) atoms. The number of phenolic OH excluding ortho intramolecular Hbond substituents is 1. The van der Waals surface area contributed by atoms with Crippen molar-refractivity contribution in [3.05, 3.63) is 41.6 Å². The molecule has 5 heteroatoms. The van der Waals surface area contributed by atoms with Crippen LogP contribution in [0.2, 0.25) is 0 Å². The van der Waals surface area contributed by atoms with Gasteiger partial charge in [0, 0.05) is 29.7 Å². The maximum atomic E-state index is 9.89. The monoisotopic (exact) mass is 252 g/mol. The molecule has 3 N–H and O–H groups in total. The van der Waals surface area contributed by atoms with Crippen molar-refractivity contribution < 1.29 is 5.11 Å². The third-order valence-corrected chi connectivity index (χ3v) is 3.54. The fourth-order valence-corrected chi connectivity index (χ4v) is 2.58. The Bertz CT molecular complexity index is 778. The van der Waals surface area contributed by atoms with Crippen molar-refractivity contribution >= 4 is 11.0 Å². The van der Waals surface area contributed by atoms with E-state index in [1.54, 1.807) is 12.1 Å². The van der Waals surface area contributed by atoms with Gasteiger partial charge in [-0.2, -0.15) is 0 Å². The van der Waals surface area contributed by atoms with E-state index in [2.05, 4.69) is 20.5 Å². The molecule has 94 valence electrons. The van der Waals surface area contributed by atoms with Gasteiger partial charge in [0.2, 0.25) is 0 Å². The average molecular weight is 252 g/mol. The zero-order valence-corrected chi connectivity index (χ0v) is 10.1. The van der Waals surface area contributed by atoms with Crippen molar-refractivity contribution in [3.63, 3.8) is 0 Å². The number of aromatic hydroxyl groups is 1. The molecule has 3 aromatic rings. The molecule has 0 bridgehead atoms. The van der Waals surface area contributed by atoms with E-state index in [1.165, 1.54) is 11.3 Å². The van der Waals surface area contributed by atoms with E-state index >= 15 is 0 Å². The average Bonchev–Trinajstić information content (AvgIpc) is 2.99. The lowest BCUT2D eigenvalue weighted by Gasteiger charge is -2.03. The van der Waals surface area contributed by atoms with Crippen LogP contribution in [0, 0.1) is 0 Å². The van der Waals surface area contributed by atoms with Gasteiger partial charge in [-0.15, -0.1) is 10.2 Å². The number of H-pyrrole nitrogens is 1. The second-order valence-corrected chi connectivity index (χ2v) is 4.69. The first kappa shape index (κ1) is 10.5. The van der Waals surface area contributed by atoms with E-state index in [4.69, 9.17) is 0 Å². The summed E-state index contributed by atoms with van der Waals surface area (Å²) in [5.74, 6) is 0.224. The standard InChI is InChI=1S/C14H12N4O/c19-13-4-2-1-3-8(13)11-5-9-10-6-15-7-12(10)16-14(9)18-17-11/h1-5,15,19H,6-7H2,(H,16,18). The van der Waals surface area contributed by atoms with Gasteiger partial charge in [0.1, 0.15) is 5.75 Å². The first-order chi connectivity index (χ1) is 9.33. The Hall–Kier alpha value is -2.40. The minimum atomic E-state index is 0.224. The largest absolute Gasteiger partial charge is 0.507 e. The summed E-state index contributed by atoms with van der Waals surface area (Å²) in [5, 5.41) is 22.7. The van der Waals surface area contributed by atoms with Gasteiger partial charge in [-0.1, -0.05) is 12.1 Å². The lowest BCUT2D eigenvalue weighted by atomic mass is 10.1. The highest BCUT2D eigenvalue weighted by Gasteiger charge is 2.18. The third-order valence-electron chi connectivity index (χ3n) is 3.54. The molecule has 2 aromatic heterocycles. The van der Waals surface area contributed by atoms with Crippen molar-refractivity contribution in [1.82, 2.24) is 20.5 Å². The molecule has 0 saturated carbocycles. The Morgan fingerprint density at radius 2 is 2.00 bits per heavy atom. The van der Waals surface area contributed by atoms with Gasteiger partial charge in [-0.25, -0.2) is 0 Å².